The summed E-state index contributed by atoms with van der Waals surface area (Å²) in [6, 6.07) is 0. The first kappa shape index (κ1) is 20.8. The van der Waals surface area contributed by atoms with Gasteiger partial charge in [0.15, 0.2) is 17.4 Å². The summed E-state index contributed by atoms with van der Waals surface area (Å²) in [4.78, 5) is 39.1. The summed E-state index contributed by atoms with van der Waals surface area (Å²) in [6.07, 6.45) is -5.83. The molecule has 7 N–H and O–H groups in total. The van der Waals surface area contributed by atoms with E-state index in [9.17, 15) is 28.4 Å². The molecule has 0 spiro atoms. The Bertz CT molecular complexity index is 976. The molecule has 1 aliphatic heterocycles. The molecule has 1 saturated heterocycles. The number of ether oxygens (including phenoxy) is 1. The van der Waals surface area contributed by atoms with E-state index in [0.717, 1.165) is 6.33 Å². The molecule has 28 heavy (non-hydrogen) atoms. The lowest BCUT2D eigenvalue weighted by Crippen LogP contribution is -2.31. The topological polar surface area (TPSA) is 197 Å². The Hall–Kier alpha value is -1.96. The Morgan fingerprint density at radius 3 is 2.68 bits per heavy atom. The van der Waals surface area contributed by atoms with E-state index >= 15 is 0 Å². The number of H-pyrrole nitrogens is 1. The van der Waals surface area contributed by atoms with Crippen molar-refractivity contribution in [2.45, 2.75) is 49.5 Å². The van der Waals surface area contributed by atoms with E-state index in [1.165, 1.54) is 4.57 Å². The first-order valence-electron chi connectivity index (χ1n) is 8.10. The predicted octanol–water partition coefficient (Wildman–Crippen LogP) is -0.738. The quantitative estimate of drug-likeness (QED) is 0.321. The third kappa shape index (κ3) is 3.66. The molecule has 2 aromatic rings. The number of aromatic amines is 1. The van der Waals surface area contributed by atoms with Crippen LogP contribution in [-0.4, -0.2) is 63.5 Å². The molecule has 2 aromatic heterocycles. The number of hydrogen-bond donors (Lipinski definition) is 6. The smallest absolute Gasteiger partial charge is 0.388 e. The minimum absolute atomic E-state index is 0.00816. The lowest BCUT2D eigenvalue weighted by molar-refractivity contribution is -0.0395. The number of aliphatic hydroxyl groups excluding tert-OH is 2. The van der Waals surface area contributed by atoms with Crippen LogP contribution in [0.15, 0.2) is 11.1 Å². The molecule has 4 atom stereocenters. The summed E-state index contributed by atoms with van der Waals surface area (Å²) in [7, 11) is -5.60. The second kappa shape index (κ2) is 7.13. The maximum Gasteiger partial charge on any atom is 0.394 e. The number of rotatable bonds is 6. The predicted molar refractivity (Wildman–Crippen MR) is 89.3 cm³/mol. The van der Waals surface area contributed by atoms with Crippen LogP contribution in [0.1, 0.15) is 25.5 Å². The monoisotopic (exact) mass is 425 g/mol. The average Bonchev–Trinajstić information content (AvgIpc) is 3.10. The highest BCUT2D eigenvalue weighted by Crippen LogP contribution is 2.55. The number of fused-ring (bicyclic) bond motifs is 1. The maximum atomic E-state index is 13.3. The summed E-state index contributed by atoms with van der Waals surface area (Å²) in [5.74, 6) is -0.205. The minimum atomic E-state index is -5.60. The van der Waals surface area contributed by atoms with Gasteiger partial charge in [-0.15, -0.1) is 0 Å². The number of alkyl halides is 2. The zero-order valence-corrected chi connectivity index (χ0v) is 15.0. The molecule has 0 saturated carbocycles. The molecule has 1 aliphatic rings. The van der Waals surface area contributed by atoms with Crippen LogP contribution in [0.4, 0.5) is 14.7 Å². The largest absolute Gasteiger partial charge is 0.394 e. The van der Waals surface area contributed by atoms with E-state index in [2.05, 4.69) is 15.0 Å². The number of aromatic nitrogens is 4. The van der Waals surface area contributed by atoms with Gasteiger partial charge in [0, 0.05) is 6.42 Å². The van der Waals surface area contributed by atoms with E-state index in [1.807, 2.05) is 0 Å². The van der Waals surface area contributed by atoms with Crippen molar-refractivity contribution < 1.29 is 38.1 Å². The zero-order chi connectivity index (χ0) is 20.9. The minimum Gasteiger partial charge on any atom is -0.388 e. The lowest BCUT2D eigenvalue weighted by Gasteiger charge is -2.19. The number of anilines is 1. The van der Waals surface area contributed by atoms with Gasteiger partial charge in [0.05, 0.1) is 12.4 Å². The number of imidazole rings is 1. The molecule has 3 heterocycles. The molecule has 0 aromatic carbocycles. The van der Waals surface area contributed by atoms with Gasteiger partial charge >= 0.3 is 13.3 Å². The van der Waals surface area contributed by atoms with Crippen molar-refractivity contribution in [3.63, 3.8) is 0 Å². The Kier molecular flexibility index (Phi) is 5.29. The molecule has 12 nitrogen and oxygen atoms in total. The molecular formula is C13H18F2N5O7P. The number of halogens is 2. The SMILES string of the molecule is Nc1nc2c(ncn2[C@@H]2O[C@H](CCCC(F)(F)P(=O)(O)O)[C@@H](O)[C@H]2O)c(=O)[nH]1. The van der Waals surface area contributed by atoms with E-state index in [4.69, 9.17) is 20.3 Å². The van der Waals surface area contributed by atoms with Gasteiger partial charge in [0.2, 0.25) is 5.95 Å². The van der Waals surface area contributed by atoms with Crippen LogP contribution in [0.25, 0.3) is 11.2 Å². The highest BCUT2D eigenvalue weighted by atomic mass is 31.2. The fourth-order valence-corrected chi connectivity index (χ4v) is 3.44. The summed E-state index contributed by atoms with van der Waals surface area (Å²) in [5.41, 5.74) is 0.583. The average molecular weight is 425 g/mol. The highest BCUT2D eigenvalue weighted by Gasteiger charge is 2.49. The molecule has 0 bridgehead atoms. The van der Waals surface area contributed by atoms with E-state index < -0.39 is 49.8 Å². The first-order valence-corrected chi connectivity index (χ1v) is 9.71. The number of nitrogens with one attached hydrogen (secondary N) is 1. The van der Waals surface area contributed by atoms with E-state index in [0.29, 0.717) is 0 Å². The fraction of sp³-hybridized carbons (Fsp3) is 0.615. The van der Waals surface area contributed by atoms with Gasteiger partial charge < -0.3 is 30.5 Å². The van der Waals surface area contributed by atoms with Crippen LogP contribution in [0.2, 0.25) is 0 Å². The lowest BCUT2D eigenvalue weighted by atomic mass is 10.0. The number of nitrogens with zero attached hydrogens (tertiary/aromatic N) is 3. The Morgan fingerprint density at radius 2 is 2.04 bits per heavy atom. The second-order valence-corrected chi connectivity index (χ2v) is 8.17. The van der Waals surface area contributed by atoms with Crippen LogP contribution in [0.5, 0.6) is 0 Å². The van der Waals surface area contributed by atoms with Crippen molar-refractivity contribution in [1.82, 2.24) is 19.5 Å². The number of nitrogen functional groups attached to an aromatic ring is 1. The van der Waals surface area contributed by atoms with Crippen molar-refractivity contribution in [3.05, 3.63) is 16.7 Å². The first-order chi connectivity index (χ1) is 12.9. The standard InChI is InChI=1S/C13H18F2N5O7P/c14-13(15,28(24,25)26)3-1-2-5-7(21)8(22)11(27-5)20-4-17-6-9(20)18-12(16)19-10(6)23/h4-5,7-8,11,21-22H,1-3H2,(H2,24,25,26)(H3,16,18,19,23)/t5-,7-,8-,11-/m1/s1. The van der Waals surface area contributed by atoms with Crippen molar-refractivity contribution in [1.29, 1.82) is 0 Å². The Balaban J connectivity index is 1.75. The van der Waals surface area contributed by atoms with Crippen molar-refractivity contribution in [2.24, 2.45) is 0 Å². The number of aliphatic hydroxyl groups is 2. The summed E-state index contributed by atoms with van der Waals surface area (Å²) >= 11 is 0. The third-order valence-corrected chi connectivity index (χ3v) is 5.53. The zero-order valence-electron chi connectivity index (χ0n) is 14.1. The molecule has 1 fully saturated rings. The summed E-state index contributed by atoms with van der Waals surface area (Å²) in [6.45, 7) is 0. The van der Waals surface area contributed by atoms with Crippen LogP contribution in [0, 0.1) is 0 Å². The van der Waals surface area contributed by atoms with Gasteiger partial charge in [-0.2, -0.15) is 13.8 Å². The summed E-state index contributed by atoms with van der Waals surface area (Å²) in [5, 5.41) is 20.4. The van der Waals surface area contributed by atoms with Crippen LogP contribution in [-0.2, 0) is 9.30 Å². The molecule has 0 radical (unpaired) electrons. The van der Waals surface area contributed by atoms with Gasteiger partial charge in [-0.3, -0.25) is 18.9 Å². The molecule has 15 heteroatoms. The number of hydrogen-bond acceptors (Lipinski definition) is 8. The van der Waals surface area contributed by atoms with E-state index in [-0.39, 0.29) is 30.0 Å². The Labute approximate surface area is 155 Å². The van der Waals surface area contributed by atoms with Crippen LogP contribution < -0.4 is 11.3 Å². The molecule has 156 valence electrons. The van der Waals surface area contributed by atoms with Crippen molar-refractivity contribution in [2.75, 3.05) is 5.73 Å². The molecule has 0 aliphatic carbocycles. The van der Waals surface area contributed by atoms with Gasteiger partial charge in [0.25, 0.3) is 5.56 Å². The van der Waals surface area contributed by atoms with E-state index in [1.54, 1.807) is 0 Å². The van der Waals surface area contributed by atoms with Crippen molar-refractivity contribution in [3.8, 4) is 0 Å². The van der Waals surface area contributed by atoms with Gasteiger partial charge in [-0.05, 0) is 12.8 Å². The number of nitrogens with two attached hydrogens (primary N) is 1. The Morgan fingerprint density at radius 1 is 1.36 bits per heavy atom. The van der Waals surface area contributed by atoms with Gasteiger partial charge in [-0.25, -0.2) is 4.98 Å². The van der Waals surface area contributed by atoms with Crippen LogP contribution >= 0.6 is 7.60 Å². The molecule has 0 amide bonds. The van der Waals surface area contributed by atoms with Crippen LogP contribution in [0.3, 0.4) is 0 Å². The third-order valence-electron chi connectivity index (χ3n) is 4.45. The second-order valence-electron chi connectivity index (χ2n) is 6.42. The van der Waals surface area contributed by atoms with Gasteiger partial charge in [-0.1, -0.05) is 0 Å². The fourth-order valence-electron chi connectivity index (χ4n) is 2.99. The highest BCUT2D eigenvalue weighted by molar-refractivity contribution is 7.53. The molecular weight excluding hydrogens is 407 g/mol. The maximum absolute atomic E-state index is 13.3. The van der Waals surface area contributed by atoms with Gasteiger partial charge in [0.1, 0.15) is 12.2 Å². The summed E-state index contributed by atoms with van der Waals surface area (Å²) < 4.78 is 44.1. The molecule has 3 rings (SSSR count). The molecule has 0 unspecified atom stereocenters. The van der Waals surface area contributed by atoms with Crippen molar-refractivity contribution >= 4 is 24.7 Å². The normalized spacial score (nSPS) is 26.2.